The Kier molecular flexibility index (Phi) is 6.47. The second-order valence-corrected chi connectivity index (χ2v) is 7.31. The van der Waals surface area contributed by atoms with Crippen LogP contribution in [0.3, 0.4) is 0 Å². The maximum absolute atomic E-state index is 5.40. The van der Waals surface area contributed by atoms with Crippen LogP contribution >= 0.6 is 12.2 Å². The molecule has 0 bridgehead atoms. The van der Waals surface area contributed by atoms with E-state index in [4.69, 9.17) is 12.2 Å². The van der Waals surface area contributed by atoms with Gasteiger partial charge in [0.1, 0.15) is 5.82 Å². The quantitative estimate of drug-likeness (QED) is 0.241. The van der Waals surface area contributed by atoms with Gasteiger partial charge in [0.25, 0.3) is 0 Å². The summed E-state index contributed by atoms with van der Waals surface area (Å²) in [6, 6.07) is 28.4. The van der Waals surface area contributed by atoms with Gasteiger partial charge in [-0.15, -0.1) is 0 Å². The van der Waals surface area contributed by atoms with Crippen molar-refractivity contribution in [3.05, 3.63) is 102 Å². The highest BCUT2D eigenvalue weighted by Gasteiger charge is 2.09. The van der Waals surface area contributed by atoms with E-state index in [2.05, 4.69) is 37.9 Å². The number of nitrogens with one attached hydrogen (secondary N) is 3. The second-order valence-electron chi connectivity index (χ2n) is 6.91. The number of fused-ring (bicyclic) bond motifs is 1. The van der Waals surface area contributed by atoms with E-state index in [1.165, 1.54) is 5.56 Å². The predicted molar refractivity (Wildman–Crippen MR) is 127 cm³/mol. The third kappa shape index (κ3) is 5.30. The van der Waals surface area contributed by atoms with Crippen molar-refractivity contribution in [1.29, 1.82) is 0 Å². The Morgan fingerprint density at radius 1 is 0.900 bits per heavy atom. The molecule has 4 rings (SSSR count). The fraction of sp³-hybridized carbons (Fsp3) is 0.125. The number of thiocarbonyl (C=S) groups is 1. The van der Waals surface area contributed by atoms with Gasteiger partial charge in [0.15, 0.2) is 5.11 Å². The molecule has 5 nitrogen and oxygen atoms in total. The molecule has 0 saturated carbocycles. The average Bonchev–Trinajstić information content (AvgIpc) is 3.20. The number of aromatic nitrogens is 2. The minimum Gasteiger partial charge on any atom is -0.361 e. The Balaban J connectivity index is 1.42. The monoisotopic (exact) mass is 413 g/mol. The highest BCUT2D eigenvalue weighted by molar-refractivity contribution is 7.80. The van der Waals surface area contributed by atoms with Crippen LogP contribution in [0.15, 0.2) is 90.0 Å². The Morgan fingerprint density at radius 2 is 1.60 bits per heavy atom. The third-order valence-corrected chi connectivity index (χ3v) is 4.95. The van der Waals surface area contributed by atoms with Gasteiger partial charge in [-0.25, -0.2) is 4.98 Å². The van der Waals surface area contributed by atoms with Crippen LogP contribution in [0.25, 0.3) is 11.0 Å². The van der Waals surface area contributed by atoms with E-state index in [-0.39, 0.29) is 0 Å². The average molecular weight is 414 g/mol. The molecule has 3 N–H and O–H groups in total. The summed E-state index contributed by atoms with van der Waals surface area (Å²) < 4.78 is 0. The maximum atomic E-state index is 5.40. The lowest BCUT2D eigenvalue weighted by atomic mass is 10.1. The van der Waals surface area contributed by atoms with Gasteiger partial charge in [-0.1, -0.05) is 72.8 Å². The van der Waals surface area contributed by atoms with Gasteiger partial charge in [0, 0.05) is 6.54 Å². The van der Waals surface area contributed by atoms with Crippen molar-refractivity contribution >= 4 is 34.1 Å². The molecule has 0 aliphatic heterocycles. The van der Waals surface area contributed by atoms with Gasteiger partial charge in [-0.3, -0.25) is 5.43 Å². The van der Waals surface area contributed by atoms with Crippen molar-refractivity contribution in [3.63, 3.8) is 0 Å². The first-order valence-electron chi connectivity index (χ1n) is 9.91. The maximum Gasteiger partial charge on any atom is 0.186 e. The van der Waals surface area contributed by atoms with Crippen LogP contribution in [0.4, 0.5) is 0 Å². The number of H-pyrrole nitrogens is 1. The summed E-state index contributed by atoms with van der Waals surface area (Å²) in [4.78, 5) is 8.04. The number of benzene rings is 3. The van der Waals surface area contributed by atoms with Gasteiger partial charge in [0.2, 0.25) is 0 Å². The minimum absolute atomic E-state index is 0.504. The van der Waals surface area contributed by atoms with E-state index < -0.39 is 0 Å². The van der Waals surface area contributed by atoms with Crippen LogP contribution in [0.1, 0.15) is 17.0 Å². The summed E-state index contributed by atoms with van der Waals surface area (Å²) >= 11 is 5.40. The lowest BCUT2D eigenvalue weighted by Gasteiger charge is -2.10. The second kappa shape index (κ2) is 9.80. The predicted octanol–water partition coefficient (Wildman–Crippen LogP) is 4.22. The fourth-order valence-electron chi connectivity index (χ4n) is 3.21. The van der Waals surface area contributed by atoms with Crippen LogP contribution in [0.2, 0.25) is 0 Å². The molecule has 0 unspecified atom stereocenters. The van der Waals surface area contributed by atoms with Crippen molar-refractivity contribution in [2.45, 2.75) is 12.8 Å². The van der Waals surface area contributed by atoms with Crippen LogP contribution in [0.5, 0.6) is 0 Å². The van der Waals surface area contributed by atoms with E-state index in [0.29, 0.717) is 11.5 Å². The number of aromatic amines is 1. The van der Waals surface area contributed by atoms with Crippen molar-refractivity contribution < 1.29 is 0 Å². The van der Waals surface area contributed by atoms with E-state index in [0.717, 1.165) is 41.1 Å². The standard InChI is InChI=1S/C24H23N5S/c30-24(25-16-15-18-9-3-1-4-10-18)29-28-22(19-11-5-2-6-12-19)17-23-26-20-13-7-8-14-21(20)27-23/h1-14H,15-17H2,(H,26,27)(H2,25,29,30)/b28-22+. The van der Waals surface area contributed by atoms with Crippen LogP contribution in [0, 0.1) is 0 Å². The van der Waals surface area contributed by atoms with E-state index in [1.54, 1.807) is 0 Å². The van der Waals surface area contributed by atoms with Crippen molar-refractivity contribution in [2.24, 2.45) is 5.10 Å². The third-order valence-electron chi connectivity index (χ3n) is 4.71. The molecule has 0 fully saturated rings. The molecule has 3 aromatic carbocycles. The Morgan fingerprint density at radius 3 is 2.37 bits per heavy atom. The zero-order chi connectivity index (χ0) is 20.6. The first kappa shape index (κ1) is 19.8. The lowest BCUT2D eigenvalue weighted by molar-refractivity contribution is 0.835. The lowest BCUT2D eigenvalue weighted by Crippen LogP contribution is -2.34. The van der Waals surface area contributed by atoms with Gasteiger partial charge in [-0.2, -0.15) is 5.10 Å². The molecule has 0 saturated heterocycles. The van der Waals surface area contributed by atoms with Gasteiger partial charge >= 0.3 is 0 Å². The normalized spacial score (nSPS) is 11.4. The molecule has 0 aliphatic rings. The summed E-state index contributed by atoms with van der Waals surface area (Å²) in [5.41, 5.74) is 8.12. The summed E-state index contributed by atoms with van der Waals surface area (Å²) in [5.74, 6) is 0.864. The molecular formula is C24H23N5S. The summed E-state index contributed by atoms with van der Waals surface area (Å²) in [6.45, 7) is 0.746. The molecule has 1 heterocycles. The Bertz CT molecular complexity index is 1100. The first-order valence-corrected chi connectivity index (χ1v) is 10.3. The smallest absolute Gasteiger partial charge is 0.186 e. The molecule has 6 heteroatoms. The molecule has 0 amide bonds. The molecule has 0 radical (unpaired) electrons. The zero-order valence-corrected chi connectivity index (χ0v) is 17.3. The Labute approximate surface area is 181 Å². The number of rotatable bonds is 7. The molecule has 0 aliphatic carbocycles. The summed E-state index contributed by atoms with van der Waals surface area (Å²) in [6.07, 6.45) is 1.47. The van der Waals surface area contributed by atoms with Gasteiger partial charge < -0.3 is 10.3 Å². The van der Waals surface area contributed by atoms with E-state index in [1.807, 2.05) is 72.8 Å². The van der Waals surface area contributed by atoms with Crippen molar-refractivity contribution in [1.82, 2.24) is 20.7 Å². The molecule has 0 spiro atoms. The highest BCUT2D eigenvalue weighted by Crippen LogP contribution is 2.13. The molecule has 0 atom stereocenters. The number of imidazole rings is 1. The van der Waals surface area contributed by atoms with E-state index in [9.17, 15) is 0 Å². The van der Waals surface area contributed by atoms with Gasteiger partial charge in [-0.05, 0) is 41.9 Å². The first-order chi connectivity index (χ1) is 14.8. The largest absolute Gasteiger partial charge is 0.361 e. The molecule has 4 aromatic rings. The molecule has 30 heavy (non-hydrogen) atoms. The van der Waals surface area contributed by atoms with Crippen LogP contribution in [-0.4, -0.2) is 27.3 Å². The number of hydrogen-bond donors (Lipinski definition) is 3. The van der Waals surface area contributed by atoms with Crippen molar-refractivity contribution in [3.8, 4) is 0 Å². The highest BCUT2D eigenvalue weighted by atomic mass is 32.1. The number of hydrazone groups is 1. The summed E-state index contributed by atoms with van der Waals surface area (Å²) in [5, 5.41) is 8.30. The molecule has 1 aromatic heterocycles. The minimum atomic E-state index is 0.504. The number of nitrogens with zero attached hydrogens (tertiary/aromatic N) is 2. The molecular weight excluding hydrogens is 390 g/mol. The van der Waals surface area contributed by atoms with Crippen LogP contribution < -0.4 is 10.7 Å². The SMILES string of the molecule is S=C(NCCc1ccccc1)N/N=C(\Cc1nc2ccccc2[nH]1)c1ccccc1. The number of hydrogen-bond acceptors (Lipinski definition) is 3. The zero-order valence-electron chi connectivity index (χ0n) is 16.5. The molecule has 150 valence electrons. The Hall–Kier alpha value is -3.51. The number of para-hydroxylation sites is 2. The van der Waals surface area contributed by atoms with E-state index >= 15 is 0 Å². The van der Waals surface area contributed by atoms with Gasteiger partial charge in [0.05, 0.1) is 23.2 Å². The van der Waals surface area contributed by atoms with Crippen molar-refractivity contribution in [2.75, 3.05) is 6.54 Å². The summed E-state index contributed by atoms with van der Waals surface area (Å²) in [7, 11) is 0. The topological polar surface area (TPSA) is 65.1 Å². The van der Waals surface area contributed by atoms with Crippen LogP contribution in [-0.2, 0) is 12.8 Å². The fourth-order valence-corrected chi connectivity index (χ4v) is 3.36.